The van der Waals surface area contributed by atoms with Gasteiger partial charge < -0.3 is 5.32 Å². The van der Waals surface area contributed by atoms with Crippen molar-refractivity contribution in [2.45, 2.75) is 50.5 Å². The second kappa shape index (κ2) is 5.61. The summed E-state index contributed by atoms with van der Waals surface area (Å²) in [5, 5.41) is 3.44. The van der Waals surface area contributed by atoms with E-state index in [0.29, 0.717) is 17.6 Å². The number of nitrogens with one attached hydrogen (secondary N) is 1. The van der Waals surface area contributed by atoms with Crippen LogP contribution in [0, 0.1) is 0 Å². The standard InChI is InChI=1S/C16H21F3N2/c1-11(12-5-2-3-6-13(12)16(17,18)19)20-14-8-10-21-9-4-7-15(14)21/h2-3,5-6,11,14-15,20H,4,7-10H2,1H3. The minimum Gasteiger partial charge on any atom is -0.306 e. The highest BCUT2D eigenvalue weighted by molar-refractivity contribution is 5.32. The summed E-state index contributed by atoms with van der Waals surface area (Å²) in [5.74, 6) is 0. The third-order valence-electron chi connectivity index (χ3n) is 4.80. The number of alkyl halides is 3. The molecule has 0 aliphatic carbocycles. The van der Waals surface area contributed by atoms with Crippen LogP contribution < -0.4 is 5.32 Å². The molecule has 0 radical (unpaired) electrons. The zero-order valence-electron chi connectivity index (χ0n) is 12.2. The van der Waals surface area contributed by atoms with Crippen molar-refractivity contribution in [1.29, 1.82) is 0 Å². The minimum atomic E-state index is -4.29. The van der Waals surface area contributed by atoms with E-state index in [2.05, 4.69) is 10.2 Å². The van der Waals surface area contributed by atoms with Gasteiger partial charge in [0.05, 0.1) is 5.56 Å². The average Bonchev–Trinajstić information content (AvgIpc) is 3.03. The zero-order chi connectivity index (χ0) is 15.0. The van der Waals surface area contributed by atoms with E-state index < -0.39 is 11.7 Å². The molecule has 2 saturated heterocycles. The van der Waals surface area contributed by atoms with E-state index in [1.807, 2.05) is 6.92 Å². The highest BCUT2D eigenvalue weighted by Crippen LogP contribution is 2.35. The van der Waals surface area contributed by atoms with Crippen LogP contribution in [0.25, 0.3) is 0 Å². The number of hydrogen-bond acceptors (Lipinski definition) is 2. The Kier molecular flexibility index (Phi) is 3.97. The van der Waals surface area contributed by atoms with Gasteiger partial charge in [-0.2, -0.15) is 13.2 Å². The van der Waals surface area contributed by atoms with Crippen LogP contribution in [-0.2, 0) is 6.18 Å². The number of nitrogens with zero attached hydrogens (tertiary/aromatic N) is 1. The predicted molar refractivity (Wildman–Crippen MR) is 76.0 cm³/mol. The smallest absolute Gasteiger partial charge is 0.306 e. The molecule has 0 bridgehead atoms. The Bertz CT molecular complexity index is 501. The average molecular weight is 298 g/mol. The minimum absolute atomic E-state index is 0.284. The molecule has 0 saturated carbocycles. The summed E-state index contributed by atoms with van der Waals surface area (Å²) < 4.78 is 39.3. The molecule has 1 N–H and O–H groups in total. The summed E-state index contributed by atoms with van der Waals surface area (Å²) in [4.78, 5) is 2.46. The monoisotopic (exact) mass is 298 g/mol. The van der Waals surface area contributed by atoms with Crippen molar-refractivity contribution in [2.24, 2.45) is 0 Å². The molecule has 0 aromatic heterocycles. The molecule has 3 atom stereocenters. The van der Waals surface area contributed by atoms with Gasteiger partial charge in [-0.25, -0.2) is 0 Å². The molecule has 5 heteroatoms. The lowest BCUT2D eigenvalue weighted by Crippen LogP contribution is -2.40. The molecule has 1 aromatic carbocycles. The van der Waals surface area contributed by atoms with Gasteiger partial charge in [-0.05, 0) is 44.4 Å². The van der Waals surface area contributed by atoms with Gasteiger partial charge in [0.15, 0.2) is 0 Å². The Hall–Kier alpha value is -1.07. The molecule has 2 aliphatic heterocycles. The summed E-state index contributed by atoms with van der Waals surface area (Å²) >= 11 is 0. The van der Waals surface area contributed by atoms with E-state index in [9.17, 15) is 13.2 Å². The number of rotatable bonds is 3. The van der Waals surface area contributed by atoms with E-state index in [1.54, 1.807) is 12.1 Å². The first-order chi connectivity index (χ1) is 9.97. The van der Waals surface area contributed by atoms with Crippen LogP contribution in [0.15, 0.2) is 24.3 Å². The van der Waals surface area contributed by atoms with Crippen LogP contribution in [0.3, 0.4) is 0 Å². The highest BCUT2D eigenvalue weighted by Gasteiger charge is 2.39. The summed E-state index contributed by atoms with van der Waals surface area (Å²) in [5.41, 5.74) is -0.173. The van der Waals surface area contributed by atoms with Gasteiger partial charge in [0.2, 0.25) is 0 Å². The number of hydrogen-bond donors (Lipinski definition) is 1. The first-order valence-corrected chi connectivity index (χ1v) is 7.63. The van der Waals surface area contributed by atoms with Crippen LogP contribution in [0.2, 0.25) is 0 Å². The molecule has 2 nitrogen and oxygen atoms in total. The fourth-order valence-corrected chi connectivity index (χ4v) is 3.82. The molecule has 2 aliphatic rings. The van der Waals surface area contributed by atoms with Crippen LogP contribution in [0.1, 0.15) is 43.4 Å². The van der Waals surface area contributed by atoms with Gasteiger partial charge >= 0.3 is 6.18 Å². The molecular weight excluding hydrogens is 277 g/mol. The van der Waals surface area contributed by atoms with E-state index in [-0.39, 0.29) is 6.04 Å². The quantitative estimate of drug-likeness (QED) is 0.917. The second-order valence-corrected chi connectivity index (χ2v) is 6.11. The van der Waals surface area contributed by atoms with Gasteiger partial charge in [0, 0.05) is 24.7 Å². The van der Waals surface area contributed by atoms with Crippen molar-refractivity contribution < 1.29 is 13.2 Å². The van der Waals surface area contributed by atoms with E-state index in [4.69, 9.17) is 0 Å². The number of halogens is 3. The predicted octanol–water partition coefficient (Wildman–Crippen LogP) is 3.59. The van der Waals surface area contributed by atoms with Crippen LogP contribution >= 0.6 is 0 Å². The summed E-state index contributed by atoms with van der Waals surface area (Å²) in [6.45, 7) is 4.04. The lowest BCUT2D eigenvalue weighted by atomic mass is 9.98. The lowest BCUT2D eigenvalue weighted by Gasteiger charge is -2.26. The molecule has 0 amide bonds. The van der Waals surface area contributed by atoms with Crippen LogP contribution in [0.4, 0.5) is 13.2 Å². The molecule has 0 spiro atoms. The molecule has 2 heterocycles. The van der Waals surface area contributed by atoms with E-state index in [1.165, 1.54) is 18.6 Å². The van der Waals surface area contributed by atoms with Crippen molar-refractivity contribution in [3.05, 3.63) is 35.4 Å². The molecule has 2 fully saturated rings. The third-order valence-corrected chi connectivity index (χ3v) is 4.80. The largest absolute Gasteiger partial charge is 0.416 e. The fourth-order valence-electron chi connectivity index (χ4n) is 3.82. The normalized spacial score (nSPS) is 27.8. The van der Waals surface area contributed by atoms with E-state index >= 15 is 0 Å². The molecule has 3 rings (SSSR count). The first kappa shape index (κ1) is 14.9. The van der Waals surface area contributed by atoms with Gasteiger partial charge in [0.1, 0.15) is 0 Å². The van der Waals surface area contributed by atoms with Gasteiger partial charge in [-0.3, -0.25) is 4.90 Å². The summed E-state index contributed by atoms with van der Waals surface area (Å²) in [6, 6.07) is 6.42. The Morgan fingerprint density at radius 1 is 1.19 bits per heavy atom. The van der Waals surface area contributed by atoms with Crippen molar-refractivity contribution >= 4 is 0 Å². The van der Waals surface area contributed by atoms with Gasteiger partial charge in [0.25, 0.3) is 0 Å². The van der Waals surface area contributed by atoms with Crippen LogP contribution in [0.5, 0.6) is 0 Å². The summed E-state index contributed by atoms with van der Waals surface area (Å²) in [7, 11) is 0. The Morgan fingerprint density at radius 2 is 1.95 bits per heavy atom. The highest BCUT2D eigenvalue weighted by atomic mass is 19.4. The van der Waals surface area contributed by atoms with Gasteiger partial charge in [-0.1, -0.05) is 18.2 Å². The Morgan fingerprint density at radius 3 is 2.71 bits per heavy atom. The summed E-state index contributed by atoms with van der Waals surface area (Å²) in [6.07, 6.45) is -0.896. The zero-order valence-corrected chi connectivity index (χ0v) is 12.2. The molecule has 3 unspecified atom stereocenters. The second-order valence-electron chi connectivity index (χ2n) is 6.11. The van der Waals surface area contributed by atoms with Crippen LogP contribution in [-0.4, -0.2) is 30.1 Å². The number of fused-ring (bicyclic) bond motifs is 1. The topological polar surface area (TPSA) is 15.3 Å². The van der Waals surface area contributed by atoms with Crippen molar-refractivity contribution in [3.63, 3.8) is 0 Å². The van der Waals surface area contributed by atoms with Crippen molar-refractivity contribution in [2.75, 3.05) is 13.1 Å². The van der Waals surface area contributed by atoms with E-state index in [0.717, 1.165) is 25.9 Å². The van der Waals surface area contributed by atoms with Crippen molar-refractivity contribution in [3.8, 4) is 0 Å². The fraction of sp³-hybridized carbons (Fsp3) is 0.625. The SMILES string of the molecule is CC(NC1CCN2CCCC12)c1ccccc1C(F)(F)F. The van der Waals surface area contributed by atoms with Crippen molar-refractivity contribution in [1.82, 2.24) is 10.2 Å². The Balaban J connectivity index is 1.75. The first-order valence-electron chi connectivity index (χ1n) is 7.63. The molecule has 21 heavy (non-hydrogen) atoms. The maximum Gasteiger partial charge on any atom is 0.416 e. The molecular formula is C16H21F3N2. The Labute approximate surface area is 123 Å². The maximum absolute atomic E-state index is 13.1. The molecule has 116 valence electrons. The van der Waals surface area contributed by atoms with Gasteiger partial charge in [-0.15, -0.1) is 0 Å². The third kappa shape index (κ3) is 2.94. The molecule has 1 aromatic rings. The maximum atomic E-state index is 13.1. The lowest BCUT2D eigenvalue weighted by molar-refractivity contribution is -0.138. The number of benzene rings is 1.